The molecule has 0 saturated heterocycles. The molecule has 2 N–H and O–H groups in total. The van der Waals surface area contributed by atoms with E-state index in [1.807, 2.05) is 12.1 Å². The number of hydrogen-bond acceptors (Lipinski definition) is 3. The highest BCUT2D eigenvalue weighted by Crippen LogP contribution is 2.23. The molecule has 0 atom stereocenters. The standard InChI is InChI=1S/C20H30ClNO4/c21-17-11-8-9-12-18(17)26-16-14-19(23)22-15-10-6-4-2-1-3-5-7-13-20(24)25/h8-9,11-12H,1-7,10,13-16H2,(H,22,23)(H,24,25). The van der Waals surface area contributed by atoms with Crippen LogP contribution in [0.2, 0.25) is 5.02 Å². The largest absolute Gasteiger partial charge is 0.491 e. The summed E-state index contributed by atoms with van der Waals surface area (Å²) in [6.07, 6.45) is 9.06. The molecule has 1 rings (SSSR count). The van der Waals surface area contributed by atoms with Gasteiger partial charge in [-0.3, -0.25) is 9.59 Å². The van der Waals surface area contributed by atoms with Crippen LogP contribution in [-0.2, 0) is 9.59 Å². The molecule has 26 heavy (non-hydrogen) atoms. The number of para-hydroxylation sites is 1. The molecule has 0 aliphatic heterocycles. The first-order valence-electron chi connectivity index (χ1n) is 9.45. The van der Waals surface area contributed by atoms with Crippen LogP contribution in [0.15, 0.2) is 24.3 Å². The number of rotatable bonds is 15. The van der Waals surface area contributed by atoms with E-state index in [1.165, 1.54) is 6.42 Å². The van der Waals surface area contributed by atoms with Crippen molar-refractivity contribution in [1.29, 1.82) is 0 Å². The summed E-state index contributed by atoms with van der Waals surface area (Å²) < 4.78 is 5.49. The van der Waals surface area contributed by atoms with Gasteiger partial charge in [0, 0.05) is 13.0 Å². The Morgan fingerprint density at radius 3 is 2.19 bits per heavy atom. The normalized spacial score (nSPS) is 10.5. The van der Waals surface area contributed by atoms with E-state index < -0.39 is 5.97 Å². The molecule has 0 aromatic heterocycles. The number of unbranched alkanes of at least 4 members (excludes halogenated alkanes) is 7. The van der Waals surface area contributed by atoms with Crippen LogP contribution < -0.4 is 10.1 Å². The number of ether oxygens (including phenoxy) is 1. The maximum Gasteiger partial charge on any atom is 0.303 e. The van der Waals surface area contributed by atoms with E-state index in [9.17, 15) is 9.59 Å². The van der Waals surface area contributed by atoms with Crippen molar-refractivity contribution in [3.8, 4) is 5.75 Å². The lowest BCUT2D eigenvalue weighted by Crippen LogP contribution is -2.25. The lowest BCUT2D eigenvalue weighted by molar-refractivity contribution is -0.137. The Morgan fingerprint density at radius 1 is 0.923 bits per heavy atom. The second-order valence-electron chi connectivity index (χ2n) is 6.35. The lowest BCUT2D eigenvalue weighted by atomic mass is 10.1. The Labute approximate surface area is 161 Å². The number of carbonyl (C=O) groups is 2. The zero-order valence-corrected chi connectivity index (χ0v) is 16.1. The smallest absolute Gasteiger partial charge is 0.303 e. The molecule has 0 heterocycles. The monoisotopic (exact) mass is 383 g/mol. The van der Waals surface area contributed by atoms with Gasteiger partial charge in [0.2, 0.25) is 5.91 Å². The van der Waals surface area contributed by atoms with E-state index in [2.05, 4.69) is 5.32 Å². The fourth-order valence-electron chi connectivity index (χ4n) is 2.59. The average Bonchev–Trinajstić information content (AvgIpc) is 2.61. The molecular weight excluding hydrogens is 354 g/mol. The van der Waals surface area contributed by atoms with Crippen molar-refractivity contribution in [2.75, 3.05) is 13.2 Å². The van der Waals surface area contributed by atoms with Gasteiger partial charge >= 0.3 is 5.97 Å². The minimum absolute atomic E-state index is 0.00418. The quantitative estimate of drug-likeness (QED) is 0.426. The Kier molecular flexibility index (Phi) is 12.4. The maximum atomic E-state index is 11.7. The van der Waals surface area contributed by atoms with Crippen LogP contribution in [0, 0.1) is 0 Å². The van der Waals surface area contributed by atoms with Crippen molar-refractivity contribution in [2.45, 2.75) is 64.2 Å². The lowest BCUT2D eigenvalue weighted by Gasteiger charge is -2.08. The SMILES string of the molecule is O=C(O)CCCCCCCCCCNC(=O)CCOc1ccccc1Cl. The van der Waals surface area contributed by atoms with Crippen molar-refractivity contribution in [3.63, 3.8) is 0 Å². The number of carboxylic acid groups (broad SMARTS) is 1. The van der Waals surface area contributed by atoms with Crippen molar-refractivity contribution in [1.82, 2.24) is 5.32 Å². The third kappa shape index (κ3) is 11.7. The molecule has 6 heteroatoms. The first-order valence-corrected chi connectivity index (χ1v) is 9.83. The van der Waals surface area contributed by atoms with E-state index in [-0.39, 0.29) is 12.3 Å². The number of carbonyl (C=O) groups excluding carboxylic acids is 1. The van der Waals surface area contributed by atoms with Gasteiger partial charge < -0.3 is 15.2 Å². The number of hydrogen-bond donors (Lipinski definition) is 2. The number of halogens is 1. The number of benzene rings is 1. The Morgan fingerprint density at radius 2 is 1.54 bits per heavy atom. The van der Waals surface area contributed by atoms with E-state index in [0.29, 0.717) is 30.3 Å². The summed E-state index contributed by atoms with van der Waals surface area (Å²) in [4.78, 5) is 22.1. The van der Waals surface area contributed by atoms with Crippen molar-refractivity contribution in [3.05, 3.63) is 29.3 Å². The first-order chi connectivity index (χ1) is 12.6. The molecule has 0 bridgehead atoms. The molecule has 146 valence electrons. The summed E-state index contributed by atoms with van der Waals surface area (Å²) in [6, 6.07) is 7.22. The minimum atomic E-state index is -0.706. The maximum absolute atomic E-state index is 11.7. The van der Waals surface area contributed by atoms with E-state index in [4.69, 9.17) is 21.4 Å². The van der Waals surface area contributed by atoms with Gasteiger partial charge in [-0.25, -0.2) is 0 Å². The van der Waals surface area contributed by atoms with Crippen molar-refractivity contribution < 1.29 is 19.4 Å². The second-order valence-corrected chi connectivity index (χ2v) is 6.76. The Balaban J connectivity index is 1.88. The Hall–Kier alpha value is -1.75. The number of nitrogens with one attached hydrogen (secondary N) is 1. The third-order valence-corrected chi connectivity index (χ3v) is 4.38. The molecule has 0 unspecified atom stereocenters. The highest BCUT2D eigenvalue weighted by atomic mass is 35.5. The second kappa shape index (κ2) is 14.4. The predicted molar refractivity (Wildman–Crippen MR) is 104 cm³/mol. The van der Waals surface area contributed by atoms with Gasteiger partial charge in [0.25, 0.3) is 0 Å². The highest BCUT2D eigenvalue weighted by Gasteiger charge is 2.03. The van der Waals surface area contributed by atoms with Crippen LogP contribution in [0.4, 0.5) is 0 Å². The summed E-state index contributed by atoms with van der Waals surface area (Å²) in [5, 5.41) is 12.0. The number of carboxylic acids is 1. The molecule has 0 saturated carbocycles. The Bertz CT molecular complexity index is 536. The predicted octanol–water partition coefficient (Wildman–Crippen LogP) is 4.82. The van der Waals surface area contributed by atoms with Crippen LogP contribution in [0.3, 0.4) is 0 Å². The molecule has 0 aliphatic rings. The van der Waals surface area contributed by atoms with Crippen molar-refractivity contribution in [2.24, 2.45) is 0 Å². The fourth-order valence-corrected chi connectivity index (χ4v) is 2.78. The van der Waals surface area contributed by atoms with Crippen LogP contribution >= 0.6 is 11.6 Å². The summed E-state index contributed by atoms with van der Waals surface area (Å²) in [6.45, 7) is 1.01. The summed E-state index contributed by atoms with van der Waals surface area (Å²) >= 11 is 5.98. The van der Waals surface area contributed by atoms with Gasteiger partial charge in [0.1, 0.15) is 5.75 Å². The van der Waals surface area contributed by atoms with Crippen LogP contribution in [0.1, 0.15) is 64.2 Å². The van der Waals surface area contributed by atoms with E-state index >= 15 is 0 Å². The summed E-state index contributed by atoms with van der Waals surface area (Å²) in [5.74, 6) is -0.108. The van der Waals surface area contributed by atoms with Gasteiger partial charge in [0.15, 0.2) is 0 Å². The van der Waals surface area contributed by atoms with Gasteiger partial charge in [-0.05, 0) is 25.0 Å². The molecule has 0 spiro atoms. The average molecular weight is 384 g/mol. The van der Waals surface area contributed by atoms with E-state index in [1.54, 1.807) is 12.1 Å². The number of amides is 1. The minimum Gasteiger partial charge on any atom is -0.491 e. The molecule has 1 aromatic rings. The van der Waals surface area contributed by atoms with Crippen LogP contribution in [0.5, 0.6) is 5.75 Å². The van der Waals surface area contributed by atoms with Gasteiger partial charge in [-0.2, -0.15) is 0 Å². The van der Waals surface area contributed by atoms with Gasteiger partial charge in [-0.1, -0.05) is 62.3 Å². The number of aliphatic carboxylic acids is 1. The molecule has 0 fully saturated rings. The molecule has 0 radical (unpaired) electrons. The van der Waals surface area contributed by atoms with Gasteiger partial charge in [-0.15, -0.1) is 0 Å². The topological polar surface area (TPSA) is 75.6 Å². The van der Waals surface area contributed by atoms with Gasteiger partial charge in [0.05, 0.1) is 18.1 Å². The van der Waals surface area contributed by atoms with Crippen LogP contribution in [-0.4, -0.2) is 30.1 Å². The molecule has 1 aromatic carbocycles. The molecule has 0 aliphatic carbocycles. The summed E-state index contributed by atoms with van der Waals surface area (Å²) in [7, 11) is 0. The van der Waals surface area contributed by atoms with Crippen LogP contribution in [0.25, 0.3) is 0 Å². The summed E-state index contributed by atoms with van der Waals surface area (Å²) in [5.41, 5.74) is 0. The van der Waals surface area contributed by atoms with E-state index in [0.717, 1.165) is 44.9 Å². The first kappa shape index (κ1) is 22.3. The van der Waals surface area contributed by atoms with Crippen molar-refractivity contribution >= 4 is 23.5 Å². The molecule has 5 nitrogen and oxygen atoms in total. The third-order valence-electron chi connectivity index (χ3n) is 4.06. The zero-order chi connectivity index (χ0) is 19.0. The molecule has 1 amide bonds. The highest BCUT2D eigenvalue weighted by molar-refractivity contribution is 6.32. The zero-order valence-electron chi connectivity index (χ0n) is 15.3. The molecular formula is C20H30ClNO4. The fraction of sp³-hybridized carbons (Fsp3) is 0.600.